The molecule has 0 fully saturated rings. The maximum absolute atomic E-state index is 13.5. The molecule has 1 aromatic rings. The van der Waals surface area contributed by atoms with Gasteiger partial charge in [0.05, 0.1) is 11.7 Å². The van der Waals surface area contributed by atoms with Crippen molar-refractivity contribution in [1.29, 1.82) is 0 Å². The highest BCUT2D eigenvalue weighted by Gasteiger charge is 2.16. The first-order valence-corrected chi connectivity index (χ1v) is 5.40. The zero-order valence-corrected chi connectivity index (χ0v) is 9.98. The summed E-state index contributed by atoms with van der Waals surface area (Å²) < 4.78 is 13.5. The molecular formula is C12H17FN2O2. The van der Waals surface area contributed by atoms with Gasteiger partial charge in [-0.3, -0.25) is 4.79 Å². The lowest BCUT2D eigenvalue weighted by Crippen LogP contribution is -2.30. The van der Waals surface area contributed by atoms with Crippen LogP contribution in [0.2, 0.25) is 0 Å². The lowest BCUT2D eigenvalue weighted by molar-refractivity contribution is 0.0764. The van der Waals surface area contributed by atoms with Gasteiger partial charge < -0.3 is 15.7 Å². The first kappa shape index (κ1) is 13.4. The van der Waals surface area contributed by atoms with Gasteiger partial charge in [0.15, 0.2) is 0 Å². The molecule has 0 aliphatic rings. The molecule has 1 aromatic carbocycles. The summed E-state index contributed by atoms with van der Waals surface area (Å²) in [6, 6.07) is 3.97. The number of nitrogens with two attached hydrogens (primary N) is 1. The number of aliphatic hydroxyl groups excluding tert-OH is 1. The number of anilines is 1. The van der Waals surface area contributed by atoms with Crippen LogP contribution < -0.4 is 5.73 Å². The summed E-state index contributed by atoms with van der Waals surface area (Å²) in [5.41, 5.74) is 5.68. The fraction of sp³-hybridized carbons (Fsp3) is 0.417. The van der Waals surface area contributed by atoms with Crippen LogP contribution >= 0.6 is 0 Å². The molecule has 0 aromatic heterocycles. The number of nitrogens with zero attached hydrogens (tertiary/aromatic N) is 1. The van der Waals surface area contributed by atoms with E-state index in [0.29, 0.717) is 13.0 Å². The molecule has 0 saturated heterocycles. The molecule has 0 spiro atoms. The Balaban J connectivity index is 2.75. The zero-order valence-electron chi connectivity index (χ0n) is 9.98. The molecule has 5 heteroatoms. The smallest absolute Gasteiger partial charge is 0.256 e. The van der Waals surface area contributed by atoms with Gasteiger partial charge in [0.25, 0.3) is 5.91 Å². The van der Waals surface area contributed by atoms with Crippen molar-refractivity contribution in [3.63, 3.8) is 0 Å². The lowest BCUT2D eigenvalue weighted by Gasteiger charge is -2.18. The molecule has 1 amide bonds. The minimum atomic E-state index is -0.626. The first-order chi connectivity index (χ1) is 7.91. The SMILES string of the molecule is CC(O)CCN(C)C(=O)c1ccc(N)cc1F. The summed E-state index contributed by atoms with van der Waals surface area (Å²) in [7, 11) is 1.57. The van der Waals surface area contributed by atoms with Crippen molar-refractivity contribution in [2.24, 2.45) is 0 Å². The average Bonchev–Trinajstić information content (AvgIpc) is 2.25. The number of benzene rings is 1. The number of rotatable bonds is 4. The van der Waals surface area contributed by atoms with E-state index in [0.717, 1.165) is 6.07 Å². The van der Waals surface area contributed by atoms with Gasteiger partial charge in [0.1, 0.15) is 5.82 Å². The van der Waals surface area contributed by atoms with Crippen LogP contribution in [0.25, 0.3) is 0 Å². The van der Waals surface area contributed by atoms with Gasteiger partial charge in [0.2, 0.25) is 0 Å². The van der Waals surface area contributed by atoms with Crippen molar-refractivity contribution in [3.05, 3.63) is 29.6 Å². The third kappa shape index (κ3) is 3.71. The second-order valence-corrected chi connectivity index (χ2v) is 4.10. The number of hydrogen-bond donors (Lipinski definition) is 2. The minimum absolute atomic E-state index is 0.00714. The van der Waals surface area contributed by atoms with Crippen LogP contribution in [0.15, 0.2) is 18.2 Å². The normalized spacial score (nSPS) is 12.2. The third-order valence-electron chi connectivity index (χ3n) is 2.45. The monoisotopic (exact) mass is 240 g/mol. The van der Waals surface area contributed by atoms with Crippen molar-refractivity contribution < 1.29 is 14.3 Å². The molecule has 0 heterocycles. The summed E-state index contributed by atoms with van der Waals surface area (Å²) in [5.74, 6) is -1.04. The highest BCUT2D eigenvalue weighted by molar-refractivity contribution is 5.94. The highest BCUT2D eigenvalue weighted by atomic mass is 19.1. The first-order valence-electron chi connectivity index (χ1n) is 5.40. The van der Waals surface area contributed by atoms with E-state index in [2.05, 4.69) is 0 Å². The number of hydrogen-bond acceptors (Lipinski definition) is 3. The topological polar surface area (TPSA) is 66.6 Å². The minimum Gasteiger partial charge on any atom is -0.399 e. The Hall–Kier alpha value is -1.62. The summed E-state index contributed by atoms with van der Waals surface area (Å²) >= 11 is 0. The molecule has 1 unspecified atom stereocenters. The molecule has 94 valence electrons. The quantitative estimate of drug-likeness (QED) is 0.778. The van der Waals surface area contributed by atoms with E-state index in [9.17, 15) is 9.18 Å². The van der Waals surface area contributed by atoms with E-state index in [1.54, 1.807) is 14.0 Å². The molecule has 0 aliphatic heterocycles. The Labute approximate surface area is 99.8 Å². The Morgan fingerprint density at radius 2 is 2.24 bits per heavy atom. The molecular weight excluding hydrogens is 223 g/mol. The molecule has 1 atom stereocenters. The largest absolute Gasteiger partial charge is 0.399 e. The molecule has 1 rings (SSSR count). The van der Waals surface area contributed by atoms with Crippen molar-refractivity contribution in [2.45, 2.75) is 19.4 Å². The summed E-state index contributed by atoms with van der Waals surface area (Å²) in [6.07, 6.45) is -0.0275. The van der Waals surface area contributed by atoms with Gasteiger partial charge in [0, 0.05) is 19.3 Å². The van der Waals surface area contributed by atoms with Gasteiger partial charge in [-0.2, -0.15) is 0 Å². The maximum Gasteiger partial charge on any atom is 0.256 e. The number of aliphatic hydroxyl groups is 1. The van der Waals surface area contributed by atoms with Gasteiger partial charge >= 0.3 is 0 Å². The maximum atomic E-state index is 13.5. The van der Waals surface area contributed by atoms with E-state index in [1.165, 1.54) is 17.0 Å². The third-order valence-corrected chi connectivity index (χ3v) is 2.45. The van der Waals surface area contributed by atoms with Gasteiger partial charge in [-0.1, -0.05) is 0 Å². The van der Waals surface area contributed by atoms with E-state index >= 15 is 0 Å². The van der Waals surface area contributed by atoms with Gasteiger partial charge in [-0.25, -0.2) is 4.39 Å². The van der Waals surface area contributed by atoms with E-state index < -0.39 is 17.8 Å². The Bertz CT molecular complexity index is 407. The molecule has 4 nitrogen and oxygen atoms in total. The molecule has 0 radical (unpaired) electrons. The fourth-order valence-corrected chi connectivity index (χ4v) is 1.39. The average molecular weight is 240 g/mol. The second kappa shape index (κ2) is 5.63. The van der Waals surface area contributed by atoms with Crippen molar-refractivity contribution in [1.82, 2.24) is 4.90 Å². The van der Waals surface area contributed by atoms with Crippen molar-refractivity contribution >= 4 is 11.6 Å². The van der Waals surface area contributed by atoms with Crippen LogP contribution in [0.4, 0.5) is 10.1 Å². The highest BCUT2D eigenvalue weighted by Crippen LogP contribution is 2.13. The fourth-order valence-electron chi connectivity index (χ4n) is 1.39. The number of amides is 1. The summed E-state index contributed by atoms with van der Waals surface area (Å²) in [5, 5.41) is 9.12. The van der Waals surface area contributed by atoms with E-state index in [1.807, 2.05) is 0 Å². The summed E-state index contributed by atoms with van der Waals surface area (Å²) in [4.78, 5) is 13.2. The van der Waals surface area contributed by atoms with Crippen LogP contribution in [0.3, 0.4) is 0 Å². The Kier molecular flexibility index (Phi) is 4.45. The summed E-state index contributed by atoms with van der Waals surface area (Å²) in [6.45, 7) is 2.02. The lowest BCUT2D eigenvalue weighted by atomic mass is 10.1. The van der Waals surface area contributed by atoms with Crippen molar-refractivity contribution in [2.75, 3.05) is 19.3 Å². The van der Waals surface area contributed by atoms with Gasteiger partial charge in [-0.15, -0.1) is 0 Å². The molecule has 0 bridgehead atoms. The number of nitrogen functional groups attached to an aromatic ring is 1. The standard InChI is InChI=1S/C12H17FN2O2/c1-8(16)5-6-15(2)12(17)10-4-3-9(14)7-11(10)13/h3-4,7-8,16H,5-6,14H2,1-2H3. The second-order valence-electron chi connectivity index (χ2n) is 4.10. The predicted octanol–water partition coefficient (Wildman–Crippen LogP) is 1.25. The van der Waals surface area contributed by atoms with Crippen molar-refractivity contribution in [3.8, 4) is 0 Å². The predicted molar refractivity (Wildman–Crippen MR) is 64.1 cm³/mol. The van der Waals surface area contributed by atoms with Crippen LogP contribution in [0.1, 0.15) is 23.7 Å². The van der Waals surface area contributed by atoms with Crippen LogP contribution in [-0.2, 0) is 0 Å². The Morgan fingerprint density at radius 3 is 2.76 bits per heavy atom. The Morgan fingerprint density at radius 1 is 1.59 bits per heavy atom. The van der Waals surface area contributed by atoms with Crippen LogP contribution in [0.5, 0.6) is 0 Å². The van der Waals surface area contributed by atoms with E-state index in [4.69, 9.17) is 10.8 Å². The van der Waals surface area contributed by atoms with Crippen LogP contribution in [-0.4, -0.2) is 35.6 Å². The number of carbonyl (C=O) groups is 1. The van der Waals surface area contributed by atoms with E-state index in [-0.39, 0.29) is 11.3 Å². The number of halogens is 1. The molecule has 0 saturated carbocycles. The molecule has 0 aliphatic carbocycles. The molecule has 3 N–H and O–H groups in total. The van der Waals surface area contributed by atoms with Gasteiger partial charge in [-0.05, 0) is 31.5 Å². The zero-order chi connectivity index (χ0) is 13.0. The van der Waals surface area contributed by atoms with Crippen LogP contribution in [0, 0.1) is 5.82 Å². The number of carbonyl (C=O) groups excluding carboxylic acids is 1. The molecule has 17 heavy (non-hydrogen) atoms.